The fourth-order valence-corrected chi connectivity index (χ4v) is 2.71. The Morgan fingerprint density at radius 2 is 1.94 bits per heavy atom. The molecule has 0 heterocycles. The summed E-state index contributed by atoms with van der Waals surface area (Å²) in [6.07, 6.45) is 4.96. The molecule has 0 saturated heterocycles. The number of hydrogen-bond donors (Lipinski definition) is 1. The van der Waals surface area contributed by atoms with Gasteiger partial charge in [-0.25, -0.2) is 0 Å². The van der Waals surface area contributed by atoms with Crippen LogP contribution in [0.25, 0.3) is 0 Å². The standard InChI is InChI=1S/C15H22O2/c1-3-11-4-9-15(17-2)14(10-11)12-5-7-13(16)8-6-12/h4,9-10,12-13,16H,3,5-8H2,1-2H3. The lowest BCUT2D eigenvalue weighted by atomic mass is 9.82. The van der Waals surface area contributed by atoms with Crippen LogP contribution in [-0.2, 0) is 6.42 Å². The van der Waals surface area contributed by atoms with Gasteiger partial charge in [-0.15, -0.1) is 0 Å². The topological polar surface area (TPSA) is 29.5 Å². The zero-order chi connectivity index (χ0) is 12.3. The molecule has 1 fully saturated rings. The van der Waals surface area contributed by atoms with Crippen molar-refractivity contribution in [2.24, 2.45) is 0 Å². The van der Waals surface area contributed by atoms with Crippen LogP contribution in [-0.4, -0.2) is 18.3 Å². The maximum Gasteiger partial charge on any atom is 0.122 e. The Morgan fingerprint density at radius 3 is 2.53 bits per heavy atom. The molecule has 2 rings (SSSR count). The average Bonchev–Trinajstić information content (AvgIpc) is 2.39. The molecule has 94 valence electrons. The highest BCUT2D eigenvalue weighted by atomic mass is 16.5. The van der Waals surface area contributed by atoms with Crippen LogP contribution in [0.15, 0.2) is 18.2 Å². The van der Waals surface area contributed by atoms with E-state index in [1.807, 2.05) is 0 Å². The van der Waals surface area contributed by atoms with E-state index in [4.69, 9.17) is 4.74 Å². The molecule has 2 heteroatoms. The maximum absolute atomic E-state index is 9.57. The summed E-state index contributed by atoms with van der Waals surface area (Å²) in [5.41, 5.74) is 2.70. The number of benzene rings is 1. The fraction of sp³-hybridized carbons (Fsp3) is 0.600. The highest BCUT2D eigenvalue weighted by Crippen LogP contribution is 2.38. The van der Waals surface area contributed by atoms with Crippen molar-refractivity contribution in [2.75, 3.05) is 7.11 Å². The maximum atomic E-state index is 9.57. The third-order valence-electron chi connectivity index (χ3n) is 3.84. The van der Waals surface area contributed by atoms with Crippen LogP contribution in [0.1, 0.15) is 49.7 Å². The van der Waals surface area contributed by atoms with Crippen molar-refractivity contribution in [1.29, 1.82) is 0 Å². The highest BCUT2D eigenvalue weighted by molar-refractivity contribution is 5.40. The van der Waals surface area contributed by atoms with Crippen LogP contribution >= 0.6 is 0 Å². The molecule has 0 spiro atoms. The normalized spacial score (nSPS) is 24.6. The molecule has 0 unspecified atom stereocenters. The van der Waals surface area contributed by atoms with Gasteiger partial charge in [-0.05, 0) is 55.2 Å². The van der Waals surface area contributed by atoms with Gasteiger partial charge in [-0.3, -0.25) is 0 Å². The average molecular weight is 234 g/mol. The van der Waals surface area contributed by atoms with Crippen LogP contribution in [0.4, 0.5) is 0 Å². The molecule has 0 aromatic heterocycles. The molecule has 0 amide bonds. The van der Waals surface area contributed by atoms with Gasteiger partial charge in [0.05, 0.1) is 13.2 Å². The third kappa shape index (κ3) is 2.81. The Hall–Kier alpha value is -1.02. The molecular formula is C15H22O2. The number of rotatable bonds is 3. The van der Waals surface area contributed by atoms with Crippen LogP contribution < -0.4 is 4.74 Å². The Labute approximate surface area is 104 Å². The minimum absolute atomic E-state index is 0.0911. The van der Waals surface area contributed by atoms with Crippen molar-refractivity contribution < 1.29 is 9.84 Å². The van der Waals surface area contributed by atoms with Gasteiger partial charge in [0, 0.05) is 0 Å². The largest absolute Gasteiger partial charge is 0.496 e. The zero-order valence-corrected chi connectivity index (χ0v) is 10.8. The van der Waals surface area contributed by atoms with Crippen LogP contribution in [0.5, 0.6) is 5.75 Å². The first-order valence-electron chi connectivity index (χ1n) is 6.59. The second kappa shape index (κ2) is 5.54. The monoisotopic (exact) mass is 234 g/mol. The van der Waals surface area contributed by atoms with E-state index < -0.39 is 0 Å². The lowest BCUT2D eigenvalue weighted by Crippen LogP contribution is -2.17. The summed E-state index contributed by atoms with van der Waals surface area (Å²) < 4.78 is 5.46. The van der Waals surface area contributed by atoms with Crippen molar-refractivity contribution in [3.05, 3.63) is 29.3 Å². The minimum Gasteiger partial charge on any atom is -0.496 e. The van der Waals surface area contributed by atoms with Gasteiger partial charge >= 0.3 is 0 Å². The SMILES string of the molecule is CCc1ccc(OC)c(C2CCC(O)CC2)c1. The minimum atomic E-state index is -0.0911. The van der Waals surface area contributed by atoms with Gasteiger partial charge in [0.15, 0.2) is 0 Å². The molecule has 1 N–H and O–H groups in total. The molecule has 1 aliphatic rings. The van der Waals surface area contributed by atoms with Gasteiger partial charge in [0.25, 0.3) is 0 Å². The second-order valence-electron chi connectivity index (χ2n) is 4.94. The van der Waals surface area contributed by atoms with Gasteiger partial charge in [0.2, 0.25) is 0 Å². The fourth-order valence-electron chi connectivity index (χ4n) is 2.71. The molecule has 1 aromatic carbocycles. The summed E-state index contributed by atoms with van der Waals surface area (Å²) in [6, 6.07) is 6.50. The number of aliphatic hydroxyl groups is 1. The van der Waals surface area contributed by atoms with Crippen molar-refractivity contribution in [3.8, 4) is 5.75 Å². The number of ether oxygens (including phenoxy) is 1. The smallest absolute Gasteiger partial charge is 0.122 e. The quantitative estimate of drug-likeness (QED) is 0.869. The molecule has 1 aromatic rings. The Balaban J connectivity index is 2.23. The van der Waals surface area contributed by atoms with Gasteiger partial charge in [-0.1, -0.05) is 19.1 Å². The molecule has 0 atom stereocenters. The molecule has 2 nitrogen and oxygen atoms in total. The highest BCUT2D eigenvalue weighted by Gasteiger charge is 2.23. The summed E-state index contributed by atoms with van der Waals surface area (Å²) in [5, 5.41) is 9.57. The van der Waals surface area contributed by atoms with Crippen LogP contribution in [0.2, 0.25) is 0 Å². The zero-order valence-electron chi connectivity index (χ0n) is 10.8. The van der Waals surface area contributed by atoms with E-state index in [2.05, 4.69) is 25.1 Å². The first-order chi connectivity index (χ1) is 8.24. The van der Waals surface area contributed by atoms with Gasteiger partial charge < -0.3 is 9.84 Å². The summed E-state index contributed by atoms with van der Waals surface area (Å²) in [7, 11) is 1.74. The Bertz CT molecular complexity index is 365. The molecule has 0 bridgehead atoms. The van der Waals surface area contributed by atoms with E-state index in [1.165, 1.54) is 11.1 Å². The van der Waals surface area contributed by atoms with E-state index in [0.717, 1.165) is 37.9 Å². The lowest BCUT2D eigenvalue weighted by molar-refractivity contribution is 0.122. The number of aliphatic hydroxyl groups excluding tert-OH is 1. The first-order valence-corrected chi connectivity index (χ1v) is 6.59. The van der Waals surface area contributed by atoms with E-state index in [0.29, 0.717) is 5.92 Å². The predicted molar refractivity (Wildman–Crippen MR) is 69.6 cm³/mol. The molecule has 0 aliphatic heterocycles. The van der Waals surface area contributed by atoms with Crippen molar-refractivity contribution in [3.63, 3.8) is 0 Å². The lowest BCUT2D eigenvalue weighted by Gasteiger charge is -2.27. The van der Waals surface area contributed by atoms with Crippen LogP contribution in [0.3, 0.4) is 0 Å². The van der Waals surface area contributed by atoms with Crippen LogP contribution in [0, 0.1) is 0 Å². The Morgan fingerprint density at radius 1 is 1.24 bits per heavy atom. The predicted octanol–water partition coefficient (Wildman–Crippen LogP) is 3.28. The number of hydrogen-bond acceptors (Lipinski definition) is 2. The molecular weight excluding hydrogens is 212 g/mol. The van der Waals surface area contributed by atoms with Crippen molar-refractivity contribution in [2.45, 2.75) is 51.0 Å². The molecule has 17 heavy (non-hydrogen) atoms. The van der Waals surface area contributed by atoms with Gasteiger partial charge in [-0.2, -0.15) is 0 Å². The molecule has 1 saturated carbocycles. The first kappa shape index (κ1) is 12.4. The van der Waals surface area contributed by atoms with E-state index in [9.17, 15) is 5.11 Å². The molecule has 0 radical (unpaired) electrons. The number of methoxy groups -OCH3 is 1. The van der Waals surface area contributed by atoms with E-state index in [-0.39, 0.29) is 6.10 Å². The summed E-state index contributed by atoms with van der Waals surface area (Å²) in [4.78, 5) is 0. The summed E-state index contributed by atoms with van der Waals surface area (Å²) in [6.45, 7) is 2.18. The summed E-state index contributed by atoms with van der Waals surface area (Å²) in [5.74, 6) is 1.56. The van der Waals surface area contributed by atoms with Crippen molar-refractivity contribution in [1.82, 2.24) is 0 Å². The molecule has 1 aliphatic carbocycles. The van der Waals surface area contributed by atoms with E-state index in [1.54, 1.807) is 7.11 Å². The second-order valence-corrected chi connectivity index (χ2v) is 4.94. The van der Waals surface area contributed by atoms with Gasteiger partial charge in [0.1, 0.15) is 5.75 Å². The van der Waals surface area contributed by atoms with E-state index >= 15 is 0 Å². The Kier molecular flexibility index (Phi) is 4.06. The third-order valence-corrected chi connectivity index (χ3v) is 3.84. The van der Waals surface area contributed by atoms with Crippen molar-refractivity contribution >= 4 is 0 Å². The number of aryl methyl sites for hydroxylation is 1. The summed E-state index contributed by atoms with van der Waals surface area (Å²) >= 11 is 0.